The van der Waals surface area contributed by atoms with Gasteiger partial charge in [-0.1, -0.05) is 29.8 Å². The predicted octanol–water partition coefficient (Wildman–Crippen LogP) is 3.47. The number of rotatable bonds is 7. The summed E-state index contributed by atoms with van der Waals surface area (Å²) in [5, 5.41) is 11.2. The van der Waals surface area contributed by atoms with Gasteiger partial charge < -0.3 is 9.64 Å². The number of halogens is 1. The van der Waals surface area contributed by atoms with Crippen LogP contribution < -0.4 is 4.90 Å². The Labute approximate surface area is 121 Å². The molecule has 1 aromatic carbocycles. The van der Waals surface area contributed by atoms with E-state index in [4.69, 9.17) is 4.74 Å². The maximum absolute atomic E-state index is 11.2. The fraction of sp³-hybridized carbons (Fsp3) is 0.538. The second kappa shape index (κ2) is 7.45. The van der Waals surface area contributed by atoms with Gasteiger partial charge >= 0.3 is 0 Å². The number of benzene rings is 1. The first-order valence-electron chi connectivity index (χ1n) is 6.13. The van der Waals surface area contributed by atoms with E-state index in [2.05, 4.69) is 29.8 Å². The molecule has 0 N–H and O–H groups in total. The van der Waals surface area contributed by atoms with Crippen molar-refractivity contribution in [2.45, 2.75) is 13.8 Å². The van der Waals surface area contributed by atoms with Crippen molar-refractivity contribution in [1.82, 2.24) is 0 Å². The van der Waals surface area contributed by atoms with E-state index in [0.717, 1.165) is 6.54 Å². The van der Waals surface area contributed by atoms with Gasteiger partial charge in [-0.15, -0.1) is 0 Å². The summed E-state index contributed by atoms with van der Waals surface area (Å²) in [5.41, 5.74) is 0.755. The van der Waals surface area contributed by atoms with Gasteiger partial charge in [-0.05, 0) is 18.1 Å². The Kier molecular flexibility index (Phi) is 6.24. The van der Waals surface area contributed by atoms with Crippen molar-refractivity contribution in [3.8, 4) is 0 Å². The quantitative estimate of drug-likeness (QED) is 0.567. The summed E-state index contributed by atoms with van der Waals surface area (Å²) in [7, 11) is 1.63. The first kappa shape index (κ1) is 15.9. The number of hydrogen-bond donors (Lipinski definition) is 0. The summed E-state index contributed by atoms with van der Waals surface area (Å²) in [6.07, 6.45) is 0. The van der Waals surface area contributed by atoms with Crippen LogP contribution in [0.2, 0.25) is 0 Å². The van der Waals surface area contributed by atoms with Gasteiger partial charge in [-0.3, -0.25) is 10.1 Å². The van der Waals surface area contributed by atoms with Gasteiger partial charge in [0.2, 0.25) is 0 Å². The Balaban J connectivity index is 3.09. The van der Waals surface area contributed by atoms with Gasteiger partial charge in [0.15, 0.2) is 0 Å². The Morgan fingerprint density at radius 1 is 1.47 bits per heavy atom. The Morgan fingerprint density at radius 2 is 2.16 bits per heavy atom. The summed E-state index contributed by atoms with van der Waals surface area (Å²) in [6, 6.07) is 5.14. The van der Waals surface area contributed by atoms with Crippen molar-refractivity contribution >= 4 is 27.3 Å². The lowest BCUT2D eigenvalue weighted by Crippen LogP contribution is -2.31. The summed E-state index contributed by atoms with van der Waals surface area (Å²) in [5.74, 6) is 0.417. The lowest BCUT2D eigenvalue weighted by Gasteiger charge is -2.26. The number of ether oxygens (including phenoxy) is 1. The topological polar surface area (TPSA) is 55.6 Å². The minimum atomic E-state index is -0.347. The third-order valence-electron chi connectivity index (χ3n) is 2.63. The van der Waals surface area contributed by atoms with E-state index in [0.29, 0.717) is 29.2 Å². The SMILES string of the molecule is COCCN(CC(C)C)c1ccc(Br)cc1[N+](=O)[O-]. The Morgan fingerprint density at radius 3 is 2.68 bits per heavy atom. The van der Waals surface area contributed by atoms with E-state index >= 15 is 0 Å². The van der Waals surface area contributed by atoms with E-state index in [9.17, 15) is 10.1 Å². The van der Waals surface area contributed by atoms with E-state index in [1.165, 1.54) is 6.07 Å². The van der Waals surface area contributed by atoms with E-state index in [1.807, 2.05) is 11.0 Å². The molecule has 6 heteroatoms. The standard InChI is InChI=1S/C13H19BrN2O3/c1-10(2)9-15(6-7-19-3)12-5-4-11(14)8-13(12)16(17)18/h4-5,8,10H,6-7,9H2,1-3H3. The molecule has 0 saturated carbocycles. The fourth-order valence-corrected chi connectivity index (χ4v) is 2.21. The van der Waals surface area contributed by atoms with Crippen LogP contribution in [0.5, 0.6) is 0 Å². The molecule has 0 radical (unpaired) electrons. The highest BCUT2D eigenvalue weighted by molar-refractivity contribution is 9.10. The molecule has 0 heterocycles. The van der Waals surface area contributed by atoms with Crippen molar-refractivity contribution in [3.63, 3.8) is 0 Å². The Hall–Kier alpha value is -1.14. The molecular formula is C13H19BrN2O3. The zero-order valence-electron chi connectivity index (χ0n) is 11.4. The van der Waals surface area contributed by atoms with Crippen LogP contribution >= 0.6 is 15.9 Å². The fourth-order valence-electron chi connectivity index (χ4n) is 1.86. The lowest BCUT2D eigenvalue weighted by atomic mass is 10.1. The molecule has 0 amide bonds. The van der Waals surface area contributed by atoms with Crippen molar-refractivity contribution in [2.24, 2.45) is 5.92 Å². The number of hydrogen-bond acceptors (Lipinski definition) is 4. The first-order valence-corrected chi connectivity index (χ1v) is 6.92. The van der Waals surface area contributed by atoms with Crippen molar-refractivity contribution in [2.75, 3.05) is 31.7 Å². The van der Waals surface area contributed by atoms with Crippen molar-refractivity contribution in [1.29, 1.82) is 0 Å². The van der Waals surface area contributed by atoms with Crippen LogP contribution in [0.15, 0.2) is 22.7 Å². The molecule has 0 fully saturated rings. The highest BCUT2D eigenvalue weighted by Gasteiger charge is 2.20. The molecule has 0 unspecified atom stereocenters. The van der Waals surface area contributed by atoms with Crippen LogP contribution in [0.1, 0.15) is 13.8 Å². The van der Waals surface area contributed by atoms with E-state index in [1.54, 1.807) is 13.2 Å². The number of methoxy groups -OCH3 is 1. The minimum absolute atomic E-state index is 0.117. The van der Waals surface area contributed by atoms with Crippen LogP contribution in [0.3, 0.4) is 0 Å². The molecule has 0 spiro atoms. The molecule has 0 aliphatic heterocycles. The van der Waals surface area contributed by atoms with Crippen LogP contribution in [-0.4, -0.2) is 31.7 Å². The molecule has 5 nitrogen and oxygen atoms in total. The smallest absolute Gasteiger partial charge is 0.293 e. The average molecular weight is 331 g/mol. The van der Waals surface area contributed by atoms with E-state index < -0.39 is 0 Å². The predicted molar refractivity (Wildman–Crippen MR) is 79.7 cm³/mol. The largest absolute Gasteiger partial charge is 0.383 e. The molecule has 0 saturated heterocycles. The summed E-state index contributed by atoms with van der Waals surface area (Å²) in [4.78, 5) is 12.8. The van der Waals surface area contributed by atoms with Gasteiger partial charge in [0, 0.05) is 30.7 Å². The van der Waals surface area contributed by atoms with Crippen LogP contribution in [0.25, 0.3) is 0 Å². The van der Waals surface area contributed by atoms with Crippen molar-refractivity contribution in [3.05, 3.63) is 32.8 Å². The van der Waals surface area contributed by atoms with Crippen LogP contribution in [-0.2, 0) is 4.74 Å². The second-order valence-corrected chi connectivity index (χ2v) is 5.64. The highest BCUT2D eigenvalue weighted by atomic mass is 79.9. The minimum Gasteiger partial charge on any atom is -0.383 e. The molecule has 19 heavy (non-hydrogen) atoms. The Bertz CT molecular complexity index is 438. The summed E-state index contributed by atoms with van der Waals surface area (Å²) >= 11 is 3.27. The number of nitro groups is 1. The average Bonchev–Trinajstić information content (AvgIpc) is 2.34. The molecule has 0 bridgehead atoms. The molecule has 1 aromatic rings. The highest BCUT2D eigenvalue weighted by Crippen LogP contribution is 2.31. The molecule has 106 valence electrons. The first-order chi connectivity index (χ1) is 8.95. The number of nitrogens with zero attached hydrogens (tertiary/aromatic N) is 2. The number of nitro benzene ring substituents is 1. The monoisotopic (exact) mass is 330 g/mol. The summed E-state index contributed by atoms with van der Waals surface area (Å²) in [6.45, 7) is 6.11. The zero-order valence-corrected chi connectivity index (χ0v) is 13.0. The van der Waals surface area contributed by atoms with Gasteiger partial charge in [0.05, 0.1) is 11.5 Å². The molecule has 0 atom stereocenters. The molecule has 1 rings (SSSR count). The maximum Gasteiger partial charge on any atom is 0.293 e. The molecular weight excluding hydrogens is 312 g/mol. The lowest BCUT2D eigenvalue weighted by molar-refractivity contribution is -0.384. The third-order valence-corrected chi connectivity index (χ3v) is 3.12. The molecule has 0 aromatic heterocycles. The zero-order chi connectivity index (χ0) is 14.4. The molecule has 0 aliphatic rings. The maximum atomic E-state index is 11.2. The summed E-state index contributed by atoms with van der Waals surface area (Å²) < 4.78 is 5.79. The number of anilines is 1. The molecule has 0 aliphatic carbocycles. The normalized spacial score (nSPS) is 10.8. The second-order valence-electron chi connectivity index (χ2n) is 4.72. The van der Waals surface area contributed by atoms with Crippen LogP contribution in [0.4, 0.5) is 11.4 Å². The van der Waals surface area contributed by atoms with Gasteiger partial charge in [-0.2, -0.15) is 0 Å². The van der Waals surface area contributed by atoms with E-state index in [-0.39, 0.29) is 10.6 Å². The van der Waals surface area contributed by atoms with Crippen molar-refractivity contribution < 1.29 is 9.66 Å². The van der Waals surface area contributed by atoms with Gasteiger partial charge in [0.1, 0.15) is 5.69 Å². The third kappa shape index (κ3) is 4.80. The van der Waals surface area contributed by atoms with Gasteiger partial charge in [0.25, 0.3) is 5.69 Å². The van der Waals surface area contributed by atoms with Crippen LogP contribution in [0, 0.1) is 16.0 Å². The van der Waals surface area contributed by atoms with Gasteiger partial charge in [-0.25, -0.2) is 0 Å².